The summed E-state index contributed by atoms with van der Waals surface area (Å²) in [5, 5.41) is 0. The molecule has 0 spiro atoms. The molecule has 1 rings (SSSR count). The highest BCUT2D eigenvalue weighted by atomic mass is 35.5. The molecule has 1 aromatic rings. The van der Waals surface area contributed by atoms with Crippen LogP contribution in [0.4, 0.5) is 0 Å². The van der Waals surface area contributed by atoms with Gasteiger partial charge in [0.05, 0.1) is 7.11 Å². The second-order valence-electron chi connectivity index (χ2n) is 3.27. The molecule has 82 valence electrons. The molecule has 0 saturated heterocycles. The number of carbonyl (C=O) groups is 1. The fraction of sp³-hybridized carbons (Fsp3) is 0.364. The lowest BCUT2D eigenvalue weighted by atomic mass is 10.2. The number of thioether (sulfide) groups is 1. The maximum absolute atomic E-state index is 11.5. The third kappa shape index (κ3) is 3.14. The Bertz CT molecular complexity index is 329. The van der Waals surface area contributed by atoms with Crippen LogP contribution in [0.15, 0.2) is 35.2 Å². The van der Waals surface area contributed by atoms with Gasteiger partial charge in [0.25, 0.3) is 0 Å². The standard InChI is InChI=1S/C11H13ClO2S/c1-11(8-12,10(13)14-2)15-9-6-4-3-5-7-9/h3-7H,8H2,1-2H3. The fourth-order valence-electron chi connectivity index (χ4n) is 1.09. The van der Waals surface area contributed by atoms with Crippen molar-refractivity contribution in [3.05, 3.63) is 30.3 Å². The van der Waals surface area contributed by atoms with E-state index in [4.69, 9.17) is 16.3 Å². The average molecular weight is 245 g/mol. The van der Waals surface area contributed by atoms with Crippen LogP contribution in [0.1, 0.15) is 6.92 Å². The van der Waals surface area contributed by atoms with E-state index in [0.29, 0.717) is 0 Å². The van der Waals surface area contributed by atoms with Gasteiger partial charge >= 0.3 is 5.97 Å². The van der Waals surface area contributed by atoms with Crippen molar-refractivity contribution in [2.75, 3.05) is 13.0 Å². The first-order valence-electron chi connectivity index (χ1n) is 4.51. The Morgan fingerprint density at radius 1 is 1.47 bits per heavy atom. The average Bonchev–Trinajstić information content (AvgIpc) is 2.29. The van der Waals surface area contributed by atoms with E-state index < -0.39 is 4.75 Å². The molecule has 15 heavy (non-hydrogen) atoms. The Morgan fingerprint density at radius 3 is 2.53 bits per heavy atom. The van der Waals surface area contributed by atoms with Crippen molar-refractivity contribution in [1.29, 1.82) is 0 Å². The molecule has 1 unspecified atom stereocenters. The maximum atomic E-state index is 11.5. The van der Waals surface area contributed by atoms with E-state index in [1.807, 2.05) is 30.3 Å². The van der Waals surface area contributed by atoms with E-state index in [0.717, 1.165) is 4.90 Å². The van der Waals surface area contributed by atoms with Crippen molar-refractivity contribution < 1.29 is 9.53 Å². The number of benzene rings is 1. The molecular formula is C11H13ClO2S. The molecule has 2 nitrogen and oxygen atoms in total. The third-order valence-corrected chi connectivity index (χ3v) is 3.92. The largest absolute Gasteiger partial charge is 0.468 e. The zero-order valence-electron chi connectivity index (χ0n) is 8.70. The Balaban J connectivity index is 2.81. The Hall–Kier alpha value is -0.670. The van der Waals surface area contributed by atoms with Crippen LogP contribution in [-0.4, -0.2) is 23.7 Å². The predicted molar refractivity (Wildman–Crippen MR) is 63.4 cm³/mol. The van der Waals surface area contributed by atoms with Gasteiger partial charge in [0.15, 0.2) is 0 Å². The molecule has 0 saturated carbocycles. The SMILES string of the molecule is COC(=O)C(C)(CCl)Sc1ccccc1. The Labute approximate surface area is 99.0 Å². The van der Waals surface area contributed by atoms with Crippen molar-refractivity contribution in [3.63, 3.8) is 0 Å². The van der Waals surface area contributed by atoms with E-state index in [-0.39, 0.29) is 11.8 Å². The monoisotopic (exact) mass is 244 g/mol. The molecule has 0 aliphatic rings. The number of hydrogen-bond donors (Lipinski definition) is 0. The summed E-state index contributed by atoms with van der Waals surface area (Å²) in [5.74, 6) is -0.0782. The van der Waals surface area contributed by atoms with Crippen molar-refractivity contribution in [2.45, 2.75) is 16.6 Å². The molecule has 0 amide bonds. The van der Waals surface area contributed by atoms with E-state index in [2.05, 4.69) is 0 Å². The predicted octanol–water partition coefficient (Wildman–Crippen LogP) is 2.95. The van der Waals surface area contributed by atoms with Crippen LogP contribution in [0.25, 0.3) is 0 Å². The van der Waals surface area contributed by atoms with Crippen molar-refractivity contribution >= 4 is 29.3 Å². The lowest BCUT2D eigenvalue weighted by Crippen LogP contribution is -2.34. The van der Waals surface area contributed by atoms with E-state index in [9.17, 15) is 4.79 Å². The van der Waals surface area contributed by atoms with Crippen LogP contribution >= 0.6 is 23.4 Å². The molecule has 0 fully saturated rings. The highest BCUT2D eigenvalue weighted by Gasteiger charge is 2.34. The minimum absolute atomic E-state index is 0.221. The van der Waals surface area contributed by atoms with E-state index in [1.165, 1.54) is 18.9 Å². The number of rotatable bonds is 4. The zero-order valence-corrected chi connectivity index (χ0v) is 10.3. The van der Waals surface area contributed by atoms with Crippen molar-refractivity contribution in [3.8, 4) is 0 Å². The third-order valence-electron chi connectivity index (χ3n) is 1.96. The van der Waals surface area contributed by atoms with Gasteiger partial charge in [0, 0.05) is 10.8 Å². The van der Waals surface area contributed by atoms with Gasteiger partial charge in [0.2, 0.25) is 0 Å². The van der Waals surface area contributed by atoms with Crippen molar-refractivity contribution in [2.24, 2.45) is 0 Å². The molecule has 0 N–H and O–H groups in total. The summed E-state index contributed by atoms with van der Waals surface area (Å²) >= 11 is 7.23. The molecule has 0 heterocycles. The second-order valence-corrected chi connectivity index (χ2v) is 5.12. The Morgan fingerprint density at radius 2 is 2.07 bits per heavy atom. The van der Waals surface area contributed by atoms with Crippen LogP contribution in [0, 0.1) is 0 Å². The number of methoxy groups -OCH3 is 1. The number of halogens is 1. The maximum Gasteiger partial charge on any atom is 0.323 e. The minimum atomic E-state index is -0.725. The van der Waals surface area contributed by atoms with E-state index in [1.54, 1.807) is 6.92 Å². The Kier molecular flexibility index (Phi) is 4.48. The van der Waals surface area contributed by atoms with Crippen molar-refractivity contribution in [1.82, 2.24) is 0 Å². The number of hydrogen-bond acceptors (Lipinski definition) is 3. The quantitative estimate of drug-likeness (QED) is 0.463. The van der Waals surface area contributed by atoms with Gasteiger partial charge in [-0.05, 0) is 19.1 Å². The van der Waals surface area contributed by atoms with Gasteiger partial charge in [-0.2, -0.15) is 0 Å². The summed E-state index contributed by atoms with van der Waals surface area (Å²) in [4.78, 5) is 12.5. The smallest absolute Gasteiger partial charge is 0.323 e. The zero-order chi connectivity index (χ0) is 11.3. The molecule has 1 aromatic carbocycles. The highest BCUT2D eigenvalue weighted by molar-refractivity contribution is 8.01. The topological polar surface area (TPSA) is 26.3 Å². The summed E-state index contributed by atoms with van der Waals surface area (Å²) < 4.78 is 4.01. The molecular weight excluding hydrogens is 232 g/mol. The van der Waals surface area contributed by atoms with Crippen LogP contribution in [0.2, 0.25) is 0 Å². The van der Waals surface area contributed by atoms with Crippen LogP contribution in [-0.2, 0) is 9.53 Å². The van der Waals surface area contributed by atoms with Crippen LogP contribution in [0.5, 0.6) is 0 Å². The van der Waals surface area contributed by atoms with Crippen LogP contribution in [0.3, 0.4) is 0 Å². The van der Waals surface area contributed by atoms with Gasteiger partial charge in [-0.3, -0.25) is 4.79 Å². The number of alkyl halides is 1. The normalized spacial score (nSPS) is 14.3. The van der Waals surface area contributed by atoms with Gasteiger partial charge in [-0.15, -0.1) is 23.4 Å². The number of esters is 1. The summed E-state index contributed by atoms with van der Waals surface area (Å²) in [5.41, 5.74) is 0. The molecule has 4 heteroatoms. The molecule has 0 bridgehead atoms. The van der Waals surface area contributed by atoms with Gasteiger partial charge in [0.1, 0.15) is 4.75 Å². The van der Waals surface area contributed by atoms with Gasteiger partial charge in [-0.25, -0.2) is 0 Å². The fourth-order valence-corrected chi connectivity index (χ4v) is 2.40. The van der Waals surface area contributed by atoms with Gasteiger partial charge < -0.3 is 4.74 Å². The summed E-state index contributed by atoms with van der Waals surface area (Å²) in [6, 6.07) is 9.67. The van der Waals surface area contributed by atoms with Crippen LogP contribution < -0.4 is 0 Å². The minimum Gasteiger partial charge on any atom is -0.468 e. The highest BCUT2D eigenvalue weighted by Crippen LogP contribution is 2.34. The first-order chi connectivity index (χ1) is 7.12. The lowest BCUT2D eigenvalue weighted by molar-refractivity contribution is -0.142. The summed E-state index contributed by atoms with van der Waals surface area (Å²) in [6.45, 7) is 1.78. The van der Waals surface area contributed by atoms with E-state index >= 15 is 0 Å². The number of ether oxygens (including phenoxy) is 1. The first-order valence-corrected chi connectivity index (χ1v) is 5.86. The molecule has 0 radical (unpaired) electrons. The number of carbonyl (C=O) groups excluding carboxylic acids is 1. The second kappa shape index (κ2) is 5.42. The molecule has 0 aromatic heterocycles. The van der Waals surface area contributed by atoms with Gasteiger partial charge in [-0.1, -0.05) is 18.2 Å². The first kappa shape index (κ1) is 12.4. The summed E-state index contributed by atoms with van der Waals surface area (Å²) in [7, 11) is 1.37. The molecule has 0 aliphatic heterocycles. The summed E-state index contributed by atoms with van der Waals surface area (Å²) in [6.07, 6.45) is 0. The molecule has 1 atom stereocenters. The molecule has 0 aliphatic carbocycles. The lowest BCUT2D eigenvalue weighted by Gasteiger charge is -2.23.